The number of hydrogen-bond donors (Lipinski definition) is 7. The van der Waals surface area contributed by atoms with Crippen molar-refractivity contribution in [2.75, 3.05) is 19.8 Å². The van der Waals surface area contributed by atoms with E-state index in [1.807, 2.05) is 6.08 Å². The second-order valence-electron chi connectivity index (χ2n) is 11.0. The molecule has 2 saturated heterocycles. The van der Waals surface area contributed by atoms with Gasteiger partial charge in [0, 0.05) is 0 Å². The van der Waals surface area contributed by atoms with Crippen molar-refractivity contribution in [3.63, 3.8) is 0 Å². The minimum Gasteiger partial charge on any atom is -0.393 e. The smallest absolute Gasteiger partial charge is 0.186 e. The molecule has 2 heterocycles. The van der Waals surface area contributed by atoms with E-state index in [4.69, 9.17) is 18.9 Å². The molecule has 0 bridgehead atoms. The fourth-order valence-electron chi connectivity index (χ4n) is 5.45. The summed E-state index contributed by atoms with van der Waals surface area (Å²) in [4.78, 5) is 0. The second-order valence-corrected chi connectivity index (χ2v) is 11.0. The number of hydrogen-bond acceptors (Lipinski definition) is 11. The zero-order valence-corrected chi connectivity index (χ0v) is 20.8. The third-order valence-corrected chi connectivity index (χ3v) is 7.50. The maximum atomic E-state index is 10.5. The van der Waals surface area contributed by atoms with E-state index in [1.54, 1.807) is 13.0 Å². The standard InChI is InChI=1S/C24H42O11/c1-12-7-14(8-23(3,4)15(12)6-5-13(2)26)34-21-19(29)18(28)17(27)16(35-21)9-32-22-20(30)24(31,10-25)11-33-22/h5-6,12-22,25-31H,7-11H2,1-4H3. The van der Waals surface area contributed by atoms with Gasteiger partial charge in [-0.3, -0.25) is 0 Å². The Morgan fingerprint density at radius 2 is 1.77 bits per heavy atom. The Bertz CT molecular complexity index is 716. The summed E-state index contributed by atoms with van der Waals surface area (Å²) < 4.78 is 22.5. The van der Waals surface area contributed by atoms with Crippen LogP contribution < -0.4 is 0 Å². The highest BCUT2D eigenvalue weighted by atomic mass is 16.7. The molecule has 1 aliphatic carbocycles. The summed E-state index contributed by atoms with van der Waals surface area (Å²) in [6.07, 6.45) is -5.29. The summed E-state index contributed by atoms with van der Waals surface area (Å²) in [5.41, 5.74) is -2.02. The summed E-state index contributed by atoms with van der Waals surface area (Å²) in [5, 5.41) is 70.4. The Labute approximate surface area is 205 Å². The van der Waals surface area contributed by atoms with Crippen molar-refractivity contribution >= 4 is 0 Å². The Morgan fingerprint density at radius 1 is 1.09 bits per heavy atom. The molecule has 11 nitrogen and oxygen atoms in total. The summed E-state index contributed by atoms with van der Waals surface area (Å²) in [6, 6.07) is 0. The Kier molecular flexibility index (Phi) is 9.37. The van der Waals surface area contributed by atoms with Crippen LogP contribution in [0.3, 0.4) is 0 Å². The Balaban J connectivity index is 1.61. The monoisotopic (exact) mass is 506 g/mol. The fourth-order valence-corrected chi connectivity index (χ4v) is 5.45. The molecular formula is C24H42O11. The second kappa shape index (κ2) is 11.4. The first-order valence-corrected chi connectivity index (χ1v) is 12.2. The largest absolute Gasteiger partial charge is 0.393 e. The molecule has 0 aromatic carbocycles. The average Bonchev–Trinajstić information content (AvgIpc) is 3.06. The number of aliphatic hydroxyl groups excluding tert-OH is 6. The van der Waals surface area contributed by atoms with Gasteiger partial charge in [-0.25, -0.2) is 0 Å². The molecule has 0 aromatic rings. The lowest BCUT2D eigenvalue weighted by atomic mass is 9.63. The molecule has 3 aliphatic rings. The van der Waals surface area contributed by atoms with E-state index >= 15 is 0 Å². The summed E-state index contributed by atoms with van der Waals surface area (Å²) in [7, 11) is 0. The molecule has 0 radical (unpaired) electrons. The topological polar surface area (TPSA) is 179 Å². The summed E-state index contributed by atoms with van der Waals surface area (Å²) in [5.74, 6) is 0.443. The van der Waals surface area contributed by atoms with E-state index in [0.29, 0.717) is 12.8 Å². The molecule has 1 saturated carbocycles. The van der Waals surface area contributed by atoms with E-state index < -0.39 is 61.4 Å². The molecule has 11 heteroatoms. The molecule has 2 aliphatic heterocycles. The highest BCUT2D eigenvalue weighted by molar-refractivity contribution is 5.03. The Morgan fingerprint density at radius 3 is 2.34 bits per heavy atom. The van der Waals surface area contributed by atoms with Crippen LogP contribution in [0.5, 0.6) is 0 Å². The maximum Gasteiger partial charge on any atom is 0.186 e. The summed E-state index contributed by atoms with van der Waals surface area (Å²) in [6.45, 7) is 6.66. The van der Waals surface area contributed by atoms with Crippen LogP contribution in [0.15, 0.2) is 12.2 Å². The number of aliphatic hydroxyl groups is 7. The van der Waals surface area contributed by atoms with Gasteiger partial charge in [-0.15, -0.1) is 0 Å². The molecule has 12 atom stereocenters. The van der Waals surface area contributed by atoms with Gasteiger partial charge in [-0.1, -0.05) is 32.9 Å². The predicted octanol–water partition coefficient (Wildman–Crippen LogP) is -1.35. The highest BCUT2D eigenvalue weighted by Crippen LogP contribution is 2.46. The van der Waals surface area contributed by atoms with E-state index in [2.05, 4.69) is 20.8 Å². The van der Waals surface area contributed by atoms with E-state index in [-0.39, 0.29) is 36.6 Å². The van der Waals surface area contributed by atoms with Crippen LogP contribution in [-0.2, 0) is 18.9 Å². The van der Waals surface area contributed by atoms with Gasteiger partial charge in [0.25, 0.3) is 0 Å². The van der Waals surface area contributed by atoms with Crippen LogP contribution in [0, 0.1) is 17.3 Å². The zero-order valence-electron chi connectivity index (χ0n) is 20.8. The minimum atomic E-state index is -1.86. The first-order valence-electron chi connectivity index (χ1n) is 12.2. The van der Waals surface area contributed by atoms with Gasteiger partial charge in [-0.05, 0) is 37.0 Å². The molecule has 0 spiro atoms. The van der Waals surface area contributed by atoms with Gasteiger partial charge < -0.3 is 54.7 Å². The molecule has 204 valence electrons. The average molecular weight is 507 g/mol. The van der Waals surface area contributed by atoms with Gasteiger partial charge in [0.05, 0.1) is 32.0 Å². The molecule has 3 rings (SSSR count). The lowest BCUT2D eigenvalue weighted by Crippen LogP contribution is -2.60. The van der Waals surface area contributed by atoms with E-state index in [1.165, 1.54) is 0 Å². The van der Waals surface area contributed by atoms with Crippen LogP contribution in [0.2, 0.25) is 0 Å². The zero-order chi connectivity index (χ0) is 26.1. The highest BCUT2D eigenvalue weighted by Gasteiger charge is 2.51. The fraction of sp³-hybridized carbons (Fsp3) is 0.917. The molecule has 3 fully saturated rings. The minimum absolute atomic E-state index is 0.159. The van der Waals surface area contributed by atoms with E-state index in [9.17, 15) is 35.7 Å². The van der Waals surface area contributed by atoms with Crippen molar-refractivity contribution < 1.29 is 54.7 Å². The van der Waals surface area contributed by atoms with Crippen LogP contribution in [-0.4, -0.2) is 116 Å². The van der Waals surface area contributed by atoms with Gasteiger partial charge in [-0.2, -0.15) is 0 Å². The van der Waals surface area contributed by atoms with Crippen molar-refractivity contribution in [2.24, 2.45) is 17.3 Å². The number of rotatable bonds is 8. The van der Waals surface area contributed by atoms with Crippen molar-refractivity contribution in [1.29, 1.82) is 0 Å². The van der Waals surface area contributed by atoms with Crippen molar-refractivity contribution in [3.8, 4) is 0 Å². The molecule has 7 N–H and O–H groups in total. The van der Waals surface area contributed by atoms with Crippen LogP contribution in [0.1, 0.15) is 40.5 Å². The molecule has 35 heavy (non-hydrogen) atoms. The van der Waals surface area contributed by atoms with Gasteiger partial charge in [0.15, 0.2) is 12.6 Å². The molecule has 0 amide bonds. The normalized spacial score (nSPS) is 47.3. The van der Waals surface area contributed by atoms with E-state index in [0.717, 1.165) is 0 Å². The quantitative estimate of drug-likeness (QED) is 0.194. The first kappa shape index (κ1) is 28.9. The van der Waals surface area contributed by atoms with Crippen molar-refractivity contribution in [3.05, 3.63) is 12.2 Å². The molecular weight excluding hydrogens is 464 g/mol. The predicted molar refractivity (Wildman–Crippen MR) is 122 cm³/mol. The first-order chi connectivity index (χ1) is 16.3. The summed E-state index contributed by atoms with van der Waals surface area (Å²) >= 11 is 0. The molecule has 12 unspecified atom stereocenters. The lowest BCUT2D eigenvalue weighted by Gasteiger charge is -2.47. The van der Waals surface area contributed by atoms with Gasteiger partial charge in [0.2, 0.25) is 0 Å². The number of ether oxygens (including phenoxy) is 4. The third-order valence-electron chi connectivity index (χ3n) is 7.50. The van der Waals surface area contributed by atoms with Gasteiger partial charge in [0.1, 0.15) is 36.1 Å². The molecule has 0 aromatic heterocycles. The van der Waals surface area contributed by atoms with Crippen LogP contribution in [0.4, 0.5) is 0 Å². The SMILES string of the molecule is CC(O)C=CC1C(C)CC(OC2OC(COC3OCC(O)(CO)C3O)C(O)C(O)C2O)CC1(C)C. The van der Waals surface area contributed by atoms with Crippen molar-refractivity contribution in [1.82, 2.24) is 0 Å². The lowest BCUT2D eigenvalue weighted by molar-refractivity contribution is -0.323. The third kappa shape index (κ3) is 6.42. The van der Waals surface area contributed by atoms with Crippen LogP contribution in [0.25, 0.3) is 0 Å². The van der Waals surface area contributed by atoms with Gasteiger partial charge >= 0.3 is 0 Å². The van der Waals surface area contributed by atoms with Crippen molar-refractivity contribution in [2.45, 2.75) is 101 Å². The maximum absolute atomic E-state index is 10.5. The number of allylic oxidation sites excluding steroid dienone is 1. The Hall–Kier alpha value is -0.700. The van der Waals surface area contributed by atoms with Crippen LogP contribution >= 0.6 is 0 Å².